The zero-order valence-electron chi connectivity index (χ0n) is 21.6. The number of anilines is 1. The fourth-order valence-electron chi connectivity index (χ4n) is 3.61. The fraction of sp³-hybridized carbons (Fsp3) is 0.296. The van der Waals surface area contributed by atoms with Crippen molar-refractivity contribution in [2.24, 2.45) is 0 Å². The normalized spacial score (nSPS) is 11.8. The van der Waals surface area contributed by atoms with Crippen LogP contribution in [-0.2, 0) is 27.2 Å². The smallest absolute Gasteiger partial charge is 0.411 e. The first kappa shape index (κ1) is 27.9. The lowest BCUT2D eigenvalue weighted by molar-refractivity contribution is -0.138. The van der Waals surface area contributed by atoms with Gasteiger partial charge in [-0.25, -0.2) is 14.3 Å². The molecule has 1 heterocycles. The van der Waals surface area contributed by atoms with Crippen LogP contribution in [0.15, 0.2) is 65.5 Å². The Morgan fingerprint density at radius 3 is 2.26 bits per heavy atom. The van der Waals surface area contributed by atoms with E-state index in [1.807, 2.05) is 30.3 Å². The number of alkyl carbamates (subject to hydrolysis) is 1. The Kier molecular flexibility index (Phi) is 8.85. The first-order chi connectivity index (χ1) is 17.9. The Balaban J connectivity index is 2.08. The molecule has 3 aromatic rings. The van der Waals surface area contributed by atoms with Crippen LogP contribution in [0.5, 0.6) is 0 Å². The summed E-state index contributed by atoms with van der Waals surface area (Å²) in [4.78, 5) is 48.9. The van der Waals surface area contributed by atoms with Crippen LogP contribution in [0.1, 0.15) is 38.1 Å². The number of carbonyl (C=O) groups is 3. The number of aliphatic carboxylic acids is 1. The number of amides is 2. The first-order valence-corrected chi connectivity index (χ1v) is 11.8. The molecule has 2 amide bonds. The quantitative estimate of drug-likeness (QED) is 0.402. The number of hydrogen-bond acceptors (Lipinski definition) is 7. The molecule has 200 valence electrons. The van der Waals surface area contributed by atoms with E-state index in [1.54, 1.807) is 45.0 Å². The van der Waals surface area contributed by atoms with Gasteiger partial charge in [-0.1, -0.05) is 42.5 Å². The Morgan fingerprint density at radius 1 is 1.03 bits per heavy atom. The van der Waals surface area contributed by atoms with Gasteiger partial charge in [-0.15, -0.1) is 0 Å². The summed E-state index contributed by atoms with van der Waals surface area (Å²) in [6.07, 6.45) is -1.03. The Hall–Kier alpha value is -4.67. The molecular weight excluding hydrogens is 492 g/mol. The number of methoxy groups -OCH3 is 1. The summed E-state index contributed by atoms with van der Waals surface area (Å²) in [6, 6.07) is 16.5. The number of benzene rings is 2. The van der Waals surface area contributed by atoms with E-state index in [0.717, 1.165) is 10.2 Å². The third-order valence-electron chi connectivity index (χ3n) is 5.24. The van der Waals surface area contributed by atoms with Crippen LogP contribution in [0.4, 0.5) is 15.3 Å². The van der Waals surface area contributed by atoms with Crippen molar-refractivity contribution < 1.29 is 29.0 Å². The summed E-state index contributed by atoms with van der Waals surface area (Å²) in [5.41, 5.74) is 0.851. The van der Waals surface area contributed by atoms with Gasteiger partial charge < -0.3 is 19.9 Å². The monoisotopic (exact) mass is 522 g/mol. The minimum absolute atomic E-state index is 0.171. The van der Waals surface area contributed by atoms with E-state index in [2.05, 4.69) is 20.5 Å². The van der Waals surface area contributed by atoms with Crippen molar-refractivity contribution in [3.8, 4) is 11.1 Å². The van der Waals surface area contributed by atoms with E-state index >= 15 is 0 Å². The number of hydrogen-bond donors (Lipinski definition) is 3. The second kappa shape index (κ2) is 12.0. The van der Waals surface area contributed by atoms with Crippen LogP contribution in [-0.4, -0.2) is 45.8 Å². The van der Waals surface area contributed by atoms with E-state index in [4.69, 9.17) is 4.74 Å². The summed E-state index contributed by atoms with van der Waals surface area (Å²) in [6.45, 7) is 4.54. The number of rotatable bonds is 8. The molecule has 1 aromatic heterocycles. The van der Waals surface area contributed by atoms with E-state index < -0.39 is 41.9 Å². The van der Waals surface area contributed by atoms with Crippen LogP contribution < -0.4 is 16.2 Å². The number of ether oxygens (including phenoxy) is 2. The molecule has 38 heavy (non-hydrogen) atoms. The predicted octanol–water partition coefficient (Wildman–Crippen LogP) is 3.98. The van der Waals surface area contributed by atoms with Crippen LogP contribution in [0.2, 0.25) is 0 Å². The Morgan fingerprint density at radius 2 is 1.68 bits per heavy atom. The van der Waals surface area contributed by atoms with Gasteiger partial charge in [0.25, 0.3) is 5.56 Å². The highest BCUT2D eigenvalue weighted by Gasteiger charge is 2.24. The number of nitrogens with zero attached hydrogens (tertiary/aromatic N) is 2. The van der Waals surface area contributed by atoms with Crippen LogP contribution in [0, 0.1) is 0 Å². The number of carboxylic acids is 1. The molecule has 3 N–H and O–H groups in total. The molecule has 0 saturated heterocycles. The first-order valence-electron chi connectivity index (χ1n) is 11.8. The second-order valence-electron chi connectivity index (χ2n) is 9.42. The molecule has 3 rings (SSSR count). The molecule has 11 nitrogen and oxygen atoms in total. The minimum Gasteiger partial charge on any atom is -0.480 e. The molecule has 1 unspecified atom stereocenters. The van der Waals surface area contributed by atoms with Gasteiger partial charge in [0.2, 0.25) is 0 Å². The maximum absolute atomic E-state index is 13.2. The molecule has 0 fully saturated rings. The number of carbonyl (C=O) groups excluding carboxylic acids is 2. The number of nitrogens with one attached hydrogen (secondary N) is 2. The lowest BCUT2D eigenvalue weighted by atomic mass is 10.00. The van der Waals surface area contributed by atoms with E-state index in [0.29, 0.717) is 17.7 Å². The summed E-state index contributed by atoms with van der Waals surface area (Å²) in [5, 5.41) is 19.0. The van der Waals surface area contributed by atoms with Crippen LogP contribution >= 0.6 is 0 Å². The summed E-state index contributed by atoms with van der Waals surface area (Å²) < 4.78 is 10.9. The van der Waals surface area contributed by atoms with Gasteiger partial charge in [0.15, 0.2) is 0 Å². The maximum atomic E-state index is 13.2. The summed E-state index contributed by atoms with van der Waals surface area (Å²) in [5.74, 6) is -1.25. The Labute approximate surface area is 219 Å². The van der Waals surface area contributed by atoms with Gasteiger partial charge in [0.05, 0.1) is 24.4 Å². The third-order valence-corrected chi connectivity index (χ3v) is 5.24. The van der Waals surface area contributed by atoms with Crippen molar-refractivity contribution in [1.82, 2.24) is 15.1 Å². The highest BCUT2D eigenvalue weighted by atomic mass is 16.6. The molecule has 0 aliphatic rings. The van der Waals surface area contributed by atoms with Crippen molar-refractivity contribution in [2.45, 2.75) is 45.4 Å². The molecule has 2 aromatic carbocycles. The topological polar surface area (TPSA) is 149 Å². The van der Waals surface area contributed by atoms with E-state index in [-0.39, 0.29) is 11.3 Å². The lowest BCUT2D eigenvalue weighted by Crippen LogP contribution is -2.37. The van der Waals surface area contributed by atoms with Gasteiger partial charge in [-0.3, -0.25) is 14.9 Å². The molecular formula is C27H30N4O7. The highest BCUT2D eigenvalue weighted by Crippen LogP contribution is 2.24. The number of aromatic nitrogens is 2. The van der Waals surface area contributed by atoms with Gasteiger partial charge >= 0.3 is 18.2 Å². The van der Waals surface area contributed by atoms with Crippen LogP contribution in [0.3, 0.4) is 0 Å². The van der Waals surface area contributed by atoms with Gasteiger partial charge in [-0.2, -0.15) is 5.10 Å². The van der Waals surface area contributed by atoms with Crippen molar-refractivity contribution in [2.75, 3.05) is 12.4 Å². The highest BCUT2D eigenvalue weighted by molar-refractivity contribution is 5.85. The molecule has 0 saturated carbocycles. The van der Waals surface area contributed by atoms with Gasteiger partial charge in [-0.05, 0) is 56.5 Å². The lowest BCUT2D eigenvalue weighted by Gasteiger charge is -2.24. The van der Waals surface area contributed by atoms with Gasteiger partial charge in [0.1, 0.15) is 12.1 Å². The van der Waals surface area contributed by atoms with Crippen molar-refractivity contribution in [3.63, 3.8) is 0 Å². The molecule has 11 heteroatoms. The minimum atomic E-state index is -1.25. The number of carboxylic acid groups (broad SMARTS) is 1. The molecule has 1 atom stereocenters. The predicted molar refractivity (Wildman–Crippen MR) is 140 cm³/mol. The standard InChI is InChI=1S/C27H30N4O7/c1-27(2,3)38-26(36)29-21(14-17-8-6-5-7-9-17)22-15-20(24(34)31(30-22)16-23(32)33)18-10-12-19(13-11-18)28-25(35)37-4/h5-13,15,21H,14,16H2,1-4H3,(H,28,35)(H,29,36)(H,32,33). The van der Waals surface area contributed by atoms with E-state index in [1.165, 1.54) is 13.2 Å². The molecule has 0 aliphatic heterocycles. The Bertz CT molecular complexity index is 1350. The van der Waals surface area contributed by atoms with Crippen molar-refractivity contribution >= 4 is 23.8 Å². The van der Waals surface area contributed by atoms with Crippen molar-refractivity contribution in [1.29, 1.82) is 0 Å². The average molecular weight is 523 g/mol. The zero-order valence-corrected chi connectivity index (χ0v) is 21.6. The largest absolute Gasteiger partial charge is 0.480 e. The second-order valence-corrected chi connectivity index (χ2v) is 9.42. The third kappa shape index (κ3) is 7.92. The molecule has 0 bridgehead atoms. The fourth-order valence-corrected chi connectivity index (χ4v) is 3.61. The molecule has 0 aliphatic carbocycles. The maximum Gasteiger partial charge on any atom is 0.411 e. The van der Waals surface area contributed by atoms with Crippen molar-refractivity contribution in [3.05, 3.63) is 82.3 Å². The van der Waals surface area contributed by atoms with Crippen LogP contribution in [0.25, 0.3) is 11.1 Å². The van der Waals surface area contributed by atoms with Gasteiger partial charge in [0, 0.05) is 5.69 Å². The SMILES string of the molecule is COC(=O)Nc1ccc(-c2cc(C(Cc3ccccc3)NC(=O)OC(C)(C)C)nn(CC(=O)O)c2=O)cc1. The molecule has 0 spiro atoms. The summed E-state index contributed by atoms with van der Waals surface area (Å²) >= 11 is 0. The van der Waals surface area contributed by atoms with E-state index in [9.17, 15) is 24.3 Å². The average Bonchev–Trinajstić information content (AvgIpc) is 2.84. The summed E-state index contributed by atoms with van der Waals surface area (Å²) in [7, 11) is 1.24. The molecule has 0 radical (unpaired) electrons. The zero-order chi connectivity index (χ0) is 27.9.